The molecule has 2 aromatic rings. The van der Waals surface area contributed by atoms with Crippen molar-refractivity contribution in [3.05, 3.63) is 53.8 Å². The van der Waals surface area contributed by atoms with E-state index in [0.717, 1.165) is 11.3 Å². The highest BCUT2D eigenvalue weighted by Gasteiger charge is 2.05. The Bertz CT molecular complexity index is 489. The minimum atomic E-state index is -0.192. The van der Waals surface area contributed by atoms with Gasteiger partial charge in [0.1, 0.15) is 5.82 Å². The lowest BCUT2D eigenvalue weighted by molar-refractivity contribution is 0.631. The Morgan fingerprint density at radius 2 is 1.69 bits per heavy atom. The van der Waals surface area contributed by atoms with Gasteiger partial charge in [0.05, 0.1) is 0 Å². The molecular weight excluding hydrogens is 201 g/mol. The third kappa shape index (κ3) is 2.06. The van der Waals surface area contributed by atoms with Gasteiger partial charge in [-0.2, -0.15) is 0 Å². The van der Waals surface area contributed by atoms with Crippen LogP contribution in [0.2, 0.25) is 0 Å². The third-order valence-electron chi connectivity index (χ3n) is 2.62. The van der Waals surface area contributed by atoms with Gasteiger partial charge in [-0.3, -0.25) is 0 Å². The Morgan fingerprint density at radius 1 is 1.00 bits per heavy atom. The van der Waals surface area contributed by atoms with E-state index in [2.05, 4.69) is 5.32 Å². The summed E-state index contributed by atoms with van der Waals surface area (Å²) in [5.41, 5.74) is 3.62. The summed E-state index contributed by atoms with van der Waals surface area (Å²) in [6.07, 6.45) is 0. The zero-order valence-electron chi connectivity index (χ0n) is 9.42. The first-order valence-corrected chi connectivity index (χ1v) is 5.25. The molecule has 0 amide bonds. The second-order valence-electron chi connectivity index (χ2n) is 3.81. The number of benzene rings is 2. The zero-order chi connectivity index (χ0) is 11.5. The molecule has 2 rings (SSSR count). The van der Waals surface area contributed by atoms with Gasteiger partial charge < -0.3 is 5.32 Å². The molecule has 0 aliphatic heterocycles. The Labute approximate surface area is 94.9 Å². The van der Waals surface area contributed by atoms with Crippen molar-refractivity contribution in [1.29, 1.82) is 0 Å². The van der Waals surface area contributed by atoms with E-state index in [1.165, 1.54) is 11.6 Å². The molecule has 1 N–H and O–H groups in total. The molecule has 0 aliphatic carbocycles. The second kappa shape index (κ2) is 4.35. The summed E-state index contributed by atoms with van der Waals surface area (Å²) in [5, 5.41) is 3.01. The first kappa shape index (κ1) is 10.7. The Kier molecular flexibility index (Phi) is 2.91. The van der Waals surface area contributed by atoms with E-state index >= 15 is 0 Å². The number of rotatable bonds is 2. The predicted molar refractivity (Wildman–Crippen MR) is 66.1 cm³/mol. The molecule has 0 heterocycles. The van der Waals surface area contributed by atoms with Crippen molar-refractivity contribution in [2.45, 2.75) is 6.92 Å². The zero-order valence-corrected chi connectivity index (χ0v) is 9.42. The highest BCUT2D eigenvalue weighted by atomic mass is 19.1. The molecular formula is C14H14FN. The SMILES string of the molecule is CNc1ccc(F)c(-c2ccc(C)cc2)c1. The lowest BCUT2D eigenvalue weighted by Gasteiger charge is -2.07. The fourth-order valence-corrected chi connectivity index (χ4v) is 1.64. The van der Waals surface area contributed by atoms with Crippen molar-refractivity contribution in [2.75, 3.05) is 12.4 Å². The molecule has 0 atom stereocenters. The molecule has 0 unspecified atom stereocenters. The van der Waals surface area contributed by atoms with Crippen LogP contribution in [0.15, 0.2) is 42.5 Å². The summed E-state index contributed by atoms with van der Waals surface area (Å²) in [6.45, 7) is 2.02. The van der Waals surface area contributed by atoms with Crippen LogP contribution in [0.25, 0.3) is 11.1 Å². The van der Waals surface area contributed by atoms with Gasteiger partial charge >= 0.3 is 0 Å². The van der Waals surface area contributed by atoms with Gasteiger partial charge in [0, 0.05) is 18.3 Å². The highest BCUT2D eigenvalue weighted by molar-refractivity contribution is 5.68. The normalized spacial score (nSPS) is 10.2. The molecule has 0 saturated carbocycles. The maximum absolute atomic E-state index is 13.7. The molecule has 16 heavy (non-hydrogen) atoms. The van der Waals surface area contributed by atoms with Crippen molar-refractivity contribution >= 4 is 5.69 Å². The number of halogens is 1. The molecule has 2 aromatic carbocycles. The van der Waals surface area contributed by atoms with Crippen LogP contribution < -0.4 is 5.32 Å². The van der Waals surface area contributed by atoms with E-state index in [0.29, 0.717) is 5.56 Å². The fourth-order valence-electron chi connectivity index (χ4n) is 1.64. The van der Waals surface area contributed by atoms with Crippen LogP contribution in [0.3, 0.4) is 0 Å². The van der Waals surface area contributed by atoms with Crippen molar-refractivity contribution in [3.63, 3.8) is 0 Å². The number of anilines is 1. The van der Waals surface area contributed by atoms with Gasteiger partial charge in [0.25, 0.3) is 0 Å². The molecule has 0 spiro atoms. The van der Waals surface area contributed by atoms with Crippen LogP contribution in [-0.2, 0) is 0 Å². The molecule has 0 fully saturated rings. The fraction of sp³-hybridized carbons (Fsp3) is 0.143. The van der Waals surface area contributed by atoms with E-state index < -0.39 is 0 Å². The van der Waals surface area contributed by atoms with Crippen LogP contribution in [0, 0.1) is 12.7 Å². The van der Waals surface area contributed by atoms with Crippen molar-refractivity contribution < 1.29 is 4.39 Å². The van der Waals surface area contributed by atoms with Crippen molar-refractivity contribution in [1.82, 2.24) is 0 Å². The molecule has 0 radical (unpaired) electrons. The summed E-state index contributed by atoms with van der Waals surface area (Å²) in [6, 6.07) is 12.9. The van der Waals surface area contributed by atoms with E-state index in [1.807, 2.05) is 44.3 Å². The van der Waals surface area contributed by atoms with Crippen molar-refractivity contribution in [2.24, 2.45) is 0 Å². The third-order valence-corrected chi connectivity index (χ3v) is 2.62. The lowest BCUT2D eigenvalue weighted by Crippen LogP contribution is -1.91. The smallest absolute Gasteiger partial charge is 0.131 e. The Balaban J connectivity index is 2.50. The summed E-state index contributed by atoms with van der Waals surface area (Å²) in [7, 11) is 1.83. The topological polar surface area (TPSA) is 12.0 Å². The summed E-state index contributed by atoms with van der Waals surface area (Å²) < 4.78 is 13.7. The monoisotopic (exact) mass is 215 g/mol. The molecule has 0 aromatic heterocycles. The number of nitrogens with one attached hydrogen (secondary N) is 1. The second-order valence-corrected chi connectivity index (χ2v) is 3.81. The van der Waals surface area contributed by atoms with Gasteiger partial charge in [-0.05, 0) is 30.7 Å². The minimum Gasteiger partial charge on any atom is -0.388 e. The molecule has 0 aliphatic rings. The van der Waals surface area contributed by atoms with Crippen LogP contribution in [0.1, 0.15) is 5.56 Å². The first-order valence-electron chi connectivity index (χ1n) is 5.25. The quantitative estimate of drug-likeness (QED) is 0.802. The minimum absolute atomic E-state index is 0.192. The number of hydrogen-bond donors (Lipinski definition) is 1. The standard InChI is InChI=1S/C14H14FN/c1-10-3-5-11(6-4-10)13-9-12(16-2)7-8-14(13)15/h3-9,16H,1-2H3. The highest BCUT2D eigenvalue weighted by Crippen LogP contribution is 2.26. The van der Waals surface area contributed by atoms with Crippen LogP contribution >= 0.6 is 0 Å². The van der Waals surface area contributed by atoms with Crippen molar-refractivity contribution in [3.8, 4) is 11.1 Å². The molecule has 1 nitrogen and oxygen atoms in total. The maximum atomic E-state index is 13.7. The summed E-state index contributed by atoms with van der Waals surface area (Å²) in [5.74, 6) is -0.192. The van der Waals surface area contributed by atoms with Gasteiger partial charge in [-0.1, -0.05) is 29.8 Å². The average Bonchev–Trinajstić information content (AvgIpc) is 2.31. The average molecular weight is 215 g/mol. The predicted octanol–water partition coefficient (Wildman–Crippen LogP) is 3.84. The van der Waals surface area contributed by atoms with Gasteiger partial charge in [0.15, 0.2) is 0 Å². The lowest BCUT2D eigenvalue weighted by atomic mass is 10.0. The van der Waals surface area contributed by atoms with Crippen LogP contribution in [-0.4, -0.2) is 7.05 Å². The van der Waals surface area contributed by atoms with E-state index in [4.69, 9.17) is 0 Å². The molecule has 0 bridgehead atoms. The molecule has 0 saturated heterocycles. The maximum Gasteiger partial charge on any atom is 0.131 e. The molecule has 2 heteroatoms. The number of aryl methyl sites for hydroxylation is 1. The van der Waals surface area contributed by atoms with Gasteiger partial charge in [-0.25, -0.2) is 4.39 Å². The van der Waals surface area contributed by atoms with Gasteiger partial charge in [0.2, 0.25) is 0 Å². The largest absolute Gasteiger partial charge is 0.388 e. The van der Waals surface area contributed by atoms with Crippen LogP contribution in [0.4, 0.5) is 10.1 Å². The van der Waals surface area contributed by atoms with E-state index in [1.54, 1.807) is 6.07 Å². The summed E-state index contributed by atoms with van der Waals surface area (Å²) >= 11 is 0. The van der Waals surface area contributed by atoms with E-state index in [-0.39, 0.29) is 5.82 Å². The molecule has 82 valence electrons. The number of hydrogen-bond acceptors (Lipinski definition) is 1. The van der Waals surface area contributed by atoms with E-state index in [9.17, 15) is 4.39 Å². The van der Waals surface area contributed by atoms with Gasteiger partial charge in [-0.15, -0.1) is 0 Å². The summed E-state index contributed by atoms with van der Waals surface area (Å²) in [4.78, 5) is 0. The Morgan fingerprint density at radius 3 is 2.31 bits per heavy atom. The van der Waals surface area contributed by atoms with Crippen LogP contribution in [0.5, 0.6) is 0 Å². The Hall–Kier alpha value is -1.83. The first-order chi connectivity index (χ1) is 7.70.